The number of methoxy groups -OCH3 is 1. The molecule has 1 aromatic heterocycles. The van der Waals surface area contributed by atoms with Gasteiger partial charge in [-0.3, -0.25) is 0 Å². The van der Waals surface area contributed by atoms with Crippen molar-refractivity contribution >= 4 is 23.2 Å². The van der Waals surface area contributed by atoms with E-state index in [1.54, 1.807) is 7.11 Å². The number of fused-ring (bicyclic) bond motifs is 1. The third kappa shape index (κ3) is 6.52. The number of amides is 1. The maximum Gasteiger partial charge on any atom is 0.404 e. The van der Waals surface area contributed by atoms with Gasteiger partial charge in [-0.25, -0.2) is 4.79 Å². The van der Waals surface area contributed by atoms with E-state index in [2.05, 4.69) is 20.8 Å². The van der Waals surface area contributed by atoms with Gasteiger partial charge in [0.2, 0.25) is 0 Å². The van der Waals surface area contributed by atoms with Gasteiger partial charge in [0.1, 0.15) is 18.7 Å². The zero-order chi connectivity index (χ0) is 26.4. The summed E-state index contributed by atoms with van der Waals surface area (Å²) in [7, 11) is 1.62. The number of rotatable bonds is 10. The van der Waals surface area contributed by atoms with Crippen molar-refractivity contribution in [2.45, 2.75) is 40.0 Å². The molecule has 0 saturated heterocycles. The smallest absolute Gasteiger partial charge is 0.404 e. The summed E-state index contributed by atoms with van der Waals surface area (Å²) in [5, 5.41) is 0. The normalized spacial score (nSPS) is 12.2. The highest BCUT2D eigenvalue weighted by atomic mass is 16.5. The van der Waals surface area contributed by atoms with Gasteiger partial charge in [-0.05, 0) is 40.8 Å². The number of benzene rings is 3. The second-order valence-corrected chi connectivity index (χ2v) is 9.86. The first kappa shape index (κ1) is 25.9. The first-order chi connectivity index (χ1) is 17.7. The van der Waals surface area contributed by atoms with Crippen LogP contribution in [0.2, 0.25) is 0 Å². The van der Waals surface area contributed by atoms with E-state index in [1.807, 2.05) is 77.7 Å². The van der Waals surface area contributed by atoms with E-state index < -0.39 is 6.09 Å². The fraction of sp³-hybridized carbons (Fsp3) is 0.310. The number of ether oxygens (including phenoxy) is 3. The molecule has 0 radical (unpaired) electrons. The van der Waals surface area contributed by atoms with E-state index in [1.165, 1.54) is 0 Å². The molecule has 0 fully saturated rings. The number of nitrogens with zero attached hydrogens (tertiary/aromatic N) is 2. The van der Waals surface area contributed by atoms with Crippen LogP contribution in [0.3, 0.4) is 0 Å². The van der Waals surface area contributed by atoms with Gasteiger partial charge in [0.15, 0.2) is 17.1 Å². The fourth-order valence-electron chi connectivity index (χ4n) is 4.12. The van der Waals surface area contributed by atoms with Crippen molar-refractivity contribution in [3.05, 3.63) is 83.9 Å². The van der Waals surface area contributed by atoms with Crippen molar-refractivity contribution in [1.29, 1.82) is 0 Å². The molecule has 8 heteroatoms. The summed E-state index contributed by atoms with van der Waals surface area (Å²) in [5.41, 5.74) is 8.44. The number of oxazole rings is 1. The lowest BCUT2D eigenvalue weighted by Crippen LogP contribution is -2.48. The molecule has 8 nitrogen and oxygen atoms in total. The minimum atomic E-state index is -0.826. The van der Waals surface area contributed by atoms with Gasteiger partial charge >= 0.3 is 6.09 Å². The quantitative estimate of drug-likeness (QED) is 0.286. The Morgan fingerprint density at radius 1 is 1.00 bits per heavy atom. The number of primary amides is 1. The molecule has 3 aromatic carbocycles. The van der Waals surface area contributed by atoms with Crippen LogP contribution in [0.1, 0.15) is 31.9 Å². The predicted octanol–water partition coefficient (Wildman–Crippen LogP) is 5.93. The van der Waals surface area contributed by atoms with Crippen LogP contribution >= 0.6 is 0 Å². The fourth-order valence-corrected chi connectivity index (χ4v) is 4.12. The summed E-state index contributed by atoms with van der Waals surface area (Å²) in [6, 6.07) is 23.5. The Labute approximate surface area is 216 Å². The standard InChI is InChI=1S/C29H33N3O5/c1-29(2,3)26(19-36-27(30)33)32(28-31-22-12-8-9-13-23(22)37-28)17-21-14-15-24(25(16-21)34-4)35-18-20-10-6-5-7-11-20/h5-16,26H,17-19H2,1-4H3,(H2,30,33). The SMILES string of the molecule is COc1cc(CN(c2nc3ccccc3o2)C(COC(N)=O)C(C)(C)C)ccc1OCc1ccccc1. The lowest BCUT2D eigenvalue weighted by molar-refractivity contribution is 0.121. The molecule has 194 valence electrons. The highest BCUT2D eigenvalue weighted by Gasteiger charge is 2.34. The third-order valence-electron chi connectivity index (χ3n) is 6.11. The lowest BCUT2D eigenvalue weighted by Gasteiger charge is -2.38. The molecular weight excluding hydrogens is 470 g/mol. The summed E-state index contributed by atoms with van der Waals surface area (Å²) in [6.45, 7) is 7.14. The van der Waals surface area contributed by atoms with E-state index in [0.717, 1.165) is 16.6 Å². The van der Waals surface area contributed by atoms with Crippen molar-refractivity contribution in [3.8, 4) is 11.5 Å². The van der Waals surface area contributed by atoms with E-state index in [4.69, 9.17) is 29.3 Å². The number of carbonyl (C=O) groups excluding carboxylic acids is 1. The van der Waals surface area contributed by atoms with Crippen LogP contribution in [0.5, 0.6) is 11.5 Å². The Morgan fingerprint density at radius 3 is 2.41 bits per heavy atom. The number of anilines is 1. The third-order valence-corrected chi connectivity index (χ3v) is 6.11. The molecule has 0 aliphatic carbocycles. The molecule has 4 rings (SSSR count). The minimum Gasteiger partial charge on any atom is -0.493 e. The average molecular weight is 504 g/mol. The summed E-state index contributed by atoms with van der Waals surface area (Å²) in [5.74, 6) is 1.26. The van der Waals surface area contributed by atoms with Crippen molar-refractivity contribution in [1.82, 2.24) is 4.98 Å². The summed E-state index contributed by atoms with van der Waals surface area (Å²) in [4.78, 5) is 18.2. The first-order valence-electron chi connectivity index (χ1n) is 12.1. The number of hydrogen-bond donors (Lipinski definition) is 1. The maximum absolute atomic E-state index is 11.5. The average Bonchev–Trinajstić information content (AvgIpc) is 3.31. The van der Waals surface area contributed by atoms with Crippen LogP contribution in [-0.4, -0.2) is 30.8 Å². The zero-order valence-corrected chi connectivity index (χ0v) is 21.6. The van der Waals surface area contributed by atoms with Crippen molar-refractivity contribution < 1.29 is 23.4 Å². The number of carbonyl (C=O) groups is 1. The molecule has 1 unspecified atom stereocenters. The largest absolute Gasteiger partial charge is 0.493 e. The van der Waals surface area contributed by atoms with Crippen LogP contribution in [0.15, 0.2) is 77.2 Å². The van der Waals surface area contributed by atoms with E-state index in [0.29, 0.717) is 36.2 Å². The summed E-state index contributed by atoms with van der Waals surface area (Å²) >= 11 is 0. The molecule has 2 N–H and O–H groups in total. The minimum absolute atomic E-state index is 0.0764. The highest BCUT2D eigenvalue weighted by molar-refractivity contribution is 5.74. The molecule has 37 heavy (non-hydrogen) atoms. The summed E-state index contributed by atoms with van der Waals surface area (Å²) < 4.78 is 23.1. The van der Waals surface area contributed by atoms with Crippen molar-refractivity contribution in [2.75, 3.05) is 18.6 Å². The van der Waals surface area contributed by atoms with E-state index in [9.17, 15) is 4.79 Å². The Kier molecular flexibility index (Phi) is 7.86. The second kappa shape index (κ2) is 11.2. The van der Waals surface area contributed by atoms with Gasteiger partial charge in [0.05, 0.1) is 13.2 Å². The molecular formula is C29H33N3O5. The van der Waals surface area contributed by atoms with Gasteiger partial charge in [-0.2, -0.15) is 4.98 Å². The van der Waals surface area contributed by atoms with Crippen molar-refractivity contribution in [3.63, 3.8) is 0 Å². The Bertz CT molecular complexity index is 1300. The number of nitrogens with two attached hydrogens (primary N) is 1. The molecule has 0 aliphatic heterocycles. The molecule has 0 spiro atoms. The molecule has 0 bridgehead atoms. The first-order valence-corrected chi connectivity index (χ1v) is 12.1. The summed E-state index contributed by atoms with van der Waals surface area (Å²) in [6.07, 6.45) is -0.826. The van der Waals surface area contributed by atoms with E-state index in [-0.39, 0.29) is 18.1 Å². The lowest BCUT2D eigenvalue weighted by atomic mass is 9.86. The Hall–Kier alpha value is -4.20. The van der Waals surface area contributed by atoms with Gasteiger partial charge in [0.25, 0.3) is 6.01 Å². The molecule has 0 aliphatic rings. The van der Waals surface area contributed by atoms with Crippen molar-refractivity contribution in [2.24, 2.45) is 11.1 Å². The number of aromatic nitrogens is 1. The van der Waals surface area contributed by atoms with Gasteiger partial charge < -0.3 is 29.3 Å². The molecule has 4 aromatic rings. The molecule has 1 atom stereocenters. The van der Waals surface area contributed by atoms with Gasteiger partial charge in [0, 0.05) is 6.54 Å². The molecule has 1 heterocycles. The molecule has 0 saturated carbocycles. The van der Waals surface area contributed by atoms with E-state index >= 15 is 0 Å². The Balaban J connectivity index is 1.65. The predicted molar refractivity (Wildman–Crippen MR) is 143 cm³/mol. The topological polar surface area (TPSA) is 100 Å². The Morgan fingerprint density at radius 2 is 1.73 bits per heavy atom. The van der Waals surface area contributed by atoms with Crippen LogP contribution in [0.4, 0.5) is 10.8 Å². The monoisotopic (exact) mass is 503 g/mol. The van der Waals surface area contributed by atoms with Crippen LogP contribution in [0, 0.1) is 5.41 Å². The zero-order valence-electron chi connectivity index (χ0n) is 21.6. The second-order valence-electron chi connectivity index (χ2n) is 9.86. The van der Waals surface area contributed by atoms with Crippen LogP contribution in [0.25, 0.3) is 11.1 Å². The van der Waals surface area contributed by atoms with Crippen LogP contribution < -0.4 is 20.1 Å². The highest BCUT2D eigenvalue weighted by Crippen LogP contribution is 2.34. The van der Waals surface area contributed by atoms with Crippen LogP contribution in [-0.2, 0) is 17.9 Å². The number of hydrogen-bond acceptors (Lipinski definition) is 7. The number of para-hydroxylation sites is 2. The van der Waals surface area contributed by atoms with Gasteiger partial charge in [-0.15, -0.1) is 0 Å². The maximum atomic E-state index is 11.5. The van der Waals surface area contributed by atoms with Gasteiger partial charge in [-0.1, -0.05) is 69.3 Å². The molecule has 1 amide bonds.